The summed E-state index contributed by atoms with van der Waals surface area (Å²) in [6.45, 7) is 4.54. The summed E-state index contributed by atoms with van der Waals surface area (Å²) in [4.78, 5) is 13.7. The summed E-state index contributed by atoms with van der Waals surface area (Å²) in [5, 5.41) is 0. The molecule has 0 atom stereocenters. The predicted octanol–water partition coefficient (Wildman–Crippen LogP) is 8.12. The molecule has 0 saturated carbocycles. The largest absolute Gasteiger partial charge is 0.253 e. The van der Waals surface area contributed by atoms with Crippen LogP contribution in [0.5, 0.6) is 0 Å². The number of aryl methyl sites for hydroxylation is 2. The first-order chi connectivity index (χ1) is 14.8. The minimum atomic E-state index is 0.737. The number of hydrogen-bond acceptors (Lipinski definition) is 3. The van der Waals surface area contributed by atoms with Crippen LogP contribution in [0.15, 0.2) is 30.7 Å². The van der Waals surface area contributed by atoms with E-state index in [0.29, 0.717) is 0 Å². The summed E-state index contributed by atoms with van der Waals surface area (Å²) in [6, 6.07) is 4.26. The summed E-state index contributed by atoms with van der Waals surface area (Å²) in [5.74, 6) is 0.737. The van der Waals surface area contributed by atoms with Gasteiger partial charge in [-0.1, -0.05) is 97.0 Å². The van der Waals surface area contributed by atoms with Gasteiger partial charge in [-0.2, -0.15) is 0 Å². The number of unbranched alkanes of at least 4 members (excludes halogenated alkanes) is 12. The minimum absolute atomic E-state index is 0.737. The first-order valence-corrected chi connectivity index (χ1v) is 12.6. The third-order valence-corrected chi connectivity index (χ3v) is 5.90. The molecule has 2 aromatic rings. The smallest absolute Gasteiger partial charge is 0.178 e. The molecular weight excluding hydrogens is 366 g/mol. The molecule has 0 saturated heterocycles. The van der Waals surface area contributed by atoms with Gasteiger partial charge in [-0.25, -0.2) is 9.97 Å². The van der Waals surface area contributed by atoms with Crippen LogP contribution in [0, 0.1) is 0 Å². The number of aromatic nitrogens is 3. The zero-order valence-corrected chi connectivity index (χ0v) is 19.5. The number of rotatable bonds is 17. The van der Waals surface area contributed by atoms with Gasteiger partial charge in [-0.15, -0.1) is 0 Å². The van der Waals surface area contributed by atoms with Gasteiger partial charge in [0.25, 0.3) is 0 Å². The van der Waals surface area contributed by atoms with Gasteiger partial charge < -0.3 is 0 Å². The summed E-state index contributed by atoms with van der Waals surface area (Å²) >= 11 is 0. The molecule has 0 N–H and O–H groups in total. The fraction of sp³-hybridized carbons (Fsp3) is 0.667. The van der Waals surface area contributed by atoms with Crippen molar-refractivity contribution in [2.24, 2.45) is 0 Å². The second-order valence-corrected chi connectivity index (χ2v) is 8.71. The van der Waals surface area contributed by atoms with Gasteiger partial charge in [0.15, 0.2) is 5.82 Å². The van der Waals surface area contributed by atoms with Gasteiger partial charge in [0.2, 0.25) is 0 Å². The number of hydrogen-bond donors (Lipinski definition) is 0. The van der Waals surface area contributed by atoms with E-state index in [1.54, 1.807) is 0 Å². The highest BCUT2D eigenvalue weighted by Gasteiger charge is 2.04. The molecule has 0 amide bonds. The average molecular weight is 410 g/mol. The van der Waals surface area contributed by atoms with Crippen LogP contribution in [-0.4, -0.2) is 15.0 Å². The molecule has 2 heterocycles. The Morgan fingerprint density at radius 3 is 1.47 bits per heavy atom. The average Bonchev–Trinajstić information content (AvgIpc) is 2.79. The van der Waals surface area contributed by atoms with E-state index in [1.165, 1.54) is 101 Å². The molecule has 0 fully saturated rings. The lowest BCUT2D eigenvalue weighted by atomic mass is 10.1. The molecule has 3 heteroatoms. The van der Waals surface area contributed by atoms with Gasteiger partial charge in [0.05, 0.1) is 0 Å². The van der Waals surface area contributed by atoms with Crippen molar-refractivity contribution in [2.75, 3.05) is 0 Å². The van der Waals surface area contributed by atoms with E-state index in [4.69, 9.17) is 0 Å². The van der Waals surface area contributed by atoms with Crippen LogP contribution in [0.3, 0.4) is 0 Å². The van der Waals surface area contributed by atoms with E-state index in [0.717, 1.165) is 24.4 Å². The Hall–Kier alpha value is -1.77. The molecule has 0 aliphatic rings. The van der Waals surface area contributed by atoms with E-state index in [9.17, 15) is 0 Å². The van der Waals surface area contributed by atoms with E-state index < -0.39 is 0 Å². The van der Waals surface area contributed by atoms with E-state index in [-0.39, 0.29) is 0 Å². The Kier molecular flexibility index (Phi) is 13.1. The van der Waals surface area contributed by atoms with E-state index >= 15 is 0 Å². The Morgan fingerprint density at radius 1 is 0.500 bits per heavy atom. The van der Waals surface area contributed by atoms with Crippen LogP contribution in [0.2, 0.25) is 0 Å². The van der Waals surface area contributed by atoms with Gasteiger partial charge in [-0.05, 0) is 42.9 Å². The van der Waals surface area contributed by atoms with Crippen LogP contribution >= 0.6 is 0 Å². The van der Waals surface area contributed by atoms with Crippen molar-refractivity contribution in [3.8, 4) is 11.5 Å². The molecule has 0 spiro atoms. The van der Waals surface area contributed by atoms with Crippen molar-refractivity contribution in [1.82, 2.24) is 15.0 Å². The maximum atomic E-state index is 4.60. The van der Waals surface area contributed by atoms with Crippen LogP contribution in [0.1, 0.15) is 115 Å². The number of nitrogens with zero attached hydrogens (tertiary/aromatic N) is 3. The van der Waals surface area contributed by atoms with E-state index in [2.05, 4.69) is 40.9 Å². The third kappa shape index (κ3) is 10.3. The zero-order valence-electron chi connectivity index (χ0n) is 19.5. The fourth-order valence-electron chi connectivity index (χ4n) is 3.89. The Morgan fingerprint density at radius 2 is 0.967 bits per heavy atom. The minimum Gasteiger partial charge on any atom is -0.253 e. The van der Waals surface area contributed by atoms with Gasteiger partial charge in [0, 0.05) is 18.6 Å². The van der Waals surface area contributed by atoms with E-state index in [1.807, 2.05) is 18.6 Å². The summed E-state index contributed by atoms with van der Waals surface area (Å²) < 4.78 is 0. The SMILES string of the molecule is CCCCCCCCCc1ccc(-c2ncc(CCCCCCCCC)cn2)nc1. The molecule has 2 rings (SSSR count). The van der Waals surface area contributed by atoms with Crippen LogP contribution < -0.4 is 0 Å². The van der Waals surface area contributed by atoms with Crippen molar-refractivity contribution in [3.63, 3.8) is 0 Å². The highest BCUT2D eigenvalue weighted by molar-refractivity contribution is 5.48. The van der Waals surface area contributed by atoms with Crippen molar-refractivity contribution in [3.05, 3.63) is 41.9 Å². The highest BCUT2D eigenvalue weighted by Crippen LogP contribution is 2.16. The zero-order chi connectivity index (χ0) is 21.3. The maximum absolute atomic E-state index is 4.60. The van der Waals surface area contributed by atoms with Crippen molar-refractivity contribution >= 4 is 0 Å². The van der Waals surface area contributed by atoms with Gasteiger partial charge in [0.1, 0.15) is 5.69 Å². The van der Waals surface area contributed by atoms with Crippen LogP contribution in [0.25, 0.3) is 11.5 Å². The molecular formula is C27H43N3. The third-order valence-electron chi connectivity index (χ3n) is 5.90. The Balaban J connectivity index is 1.65. The molecule has 3 nitrogen and oxygen atoms in total. The summed E-state index contributed by atoms with van der Waals surface area (Å²) in [7, 11) is 0. The highest BCUT2D eigenvalue weighted by atomic mass is 14.9. The fourth-order valence-corrected chi connectivity index (χ4v) is 3.89. The molecule has 0 radical (unpaired) electrons. The first-order valence-electron chi connectivity index (χ1n) is 12.6. The second kappa shape index (κ2) is 16.0. The molecule has 0 aliphatic carbocycles. The lowest BCUT2D eigenvalue weighted by Crippen LogP contribution is -1.96. The van der Waals surface area contributed by atoms with Crippen molar-refractivity contribution in [1.29, 1.82) is 0 Å². The Labute approximate surface area is 185 Å². The topological polar surface area (TPSA) is 38.7 Å². The van der Waals surface area contributed by atoms with Crippen LogP contribution in [-0.2, 0) is 12.8 Å². The molecule has 166 valence electrons. The molecule has 2 aromatic heterocycles. The Bertz CT molecular complexity index is 589. The monoisotopic (exact) mass is 409 g/mol. The standard InChI is InChI=1S/C27H43N3/c1-3-5-7-9-11-13-15-17-24-19-20-26(28-21-24)27-29-22-25(23-30-27)18-16-14-12-10-8-6-4-2/h19-23H,3-18H2,1-2H3. The first kappa shape index (κ1) is 24.5. The molecule has 0 aliphatic heterocycles. The lowest BCUT2D eigenvalue weighted by Gasteiger charge is -2.05. The van der Waals surface area contributed by atoms with Crippen molar-refractivity contribution in [2.45, 2.75) is 117 Å². The second-order valence-electron chi connectivity index (χ2n) is 8.71. The maximum Gasteiger partial charge on any atom is 0.178 e. The molecule has 0 unspecified atom stereocenters. The normalized spacial score (nSPS) is 11.1. The quantitative estimate of drug-likeness (QED) is 0.248. The van der Waals surface area contributed by atoms with Gasteiger partial charge in [-0.3, -0.25) is 4.98 Å². The number of pyridine rings is 1. The lowest BCUT2D eigenvalue weighted by molar-refractivity contribution is 0.589. The molecule has 0 aromatic carbocycles. The molecule has 0 bridgehead atoms. The van der Waals surface area contributed by atoms with Gasteiger partial charge >= 0.3 is 0 Å². The summed E-state index contributed by atoms with van der Waals surface area (Å²) in [6.07, 6.45) is 27.0. The van der Waals surface area contributed by atoms with Crippen LogP contribution in [0.4, 0.5) is 0 Å². The van der Waals surface area contributed by atoms with Crippen molar-refractivity contribution < 1.29 is 0 Å². The predicted molar refractivity (Wildman–Crippen MR) is 129 cm³/mol. The summed E-state index contributed by atoms with van der Waals surface area (Å²) in [5.41, 5.74) is 3.44. The molecule has 30 heavy (non-hydrogen) atoms.